The zero-order valence-corrected chi connectivity index (χ0v) is 19.1. The van der Waals surface area contributed by atoms with Gasteiger partial charge in [-0.05, 0) is 70.3 Å². The summed E-state index contributed by atoms with van der Waals surface area (Å²) >= 11 is 0. The van der Waals surface area contributed by atoms with Crippen molar-refractivity contribution in [1.29, 1.82) is 0 Å². The Kier molecular flexibility index (Phi) is 4.73. The van der Waals surface area contributed by atoms with Crippen LogP contribution in [0.2, 0.25) is 0 Å². The molecule has 1 amide bonds. The van der Waals surface area contributed by atoms with E-state index in [1.807, 2.05) is 12.1 Å². The number of piperidine rings is 1. The summed E-state index contributed by atoms with van der Waals surface area (Å²) in [5.41, 5.74) is 7.61. The van der Waals surface area contributed by atoms with Gasteiger partial charge in [0.05, 0.1) is 7.11 Å². The van der Waals surface area contributed by atoms with E-state index in [1.165, 1.54) is 22.4 Å². The van der Waals surface area contributed by atoms with Crippen molar-refractivity contribution < 1.29 is 19.4 Å². The van der Waals surface area contributed by atoms with Crippen LogP contribution in [0.25, 0.3) is 11.1 Å². The molecule has 1 saturated heterocycles. The first-order valence-electron chi connectivity index (χ1n) is 11.3. The maximum Gasteiger partial charge on any atom is 0.407 e. The molecule has 2 aromatic rings. The molecule has 32 heavy (non-hydrogen) atoms. The Bertz CT molecular complexity index is 1120. The first-order chi connectivity index (χ1) is 15.2. The standard InChI is InChI=1S/C26H30N2O4/c1-26(2,3)23-19(18-6-5-17(32-4)11-16(18)14-29)12-15-7-10-28-21-8-9-27(25(30)31)13-20(21)22(23)24(15)28/h5-6,11-12,14,20-21H,7-10,13H2,1-4H3,(H,30,31)/t20-,21+/m1/s1. The van der Waals surface area contributed by atoms with Gasteiger partial charge in [0.2, 0.25) is 0 Å². The Labute approximate surface area is 188 Å². The van der Waals surface area contributed by atoms with Crippen molar-refractivity contribution >= 4 is 18.1 Å². The zero-order valence-electron chi connectivity index (χ0n) is 19.1. The predicted octanol–water partition coefficient (Wildman–Crippen LogP) is 4.68. The molecule has 0 saturated carbocycles. The summed E-state index contributed by atoms with van der Waals surface area (Å²) in [6.45, 7) is 8.73. The van der Waals surface area contributed by atoms with E-state index >= 15 is 0 Å². The fourth-order valence-electron chi connectivity index (χ4n) is 6.13. The molecule has 0 spiro atoms. The summed E-state index contributed by atoms with van der Waals surface area (Å²) in [4.78, 5) is 27.9. The number of likely N-dealkylation sites (tertiary alicyclic amines) is 1. The van der Waals surface area contributed by atoms with E-state index in [1.54, 1.807) is 18.1 Å². The Hall–Kier alpha value is -3.02. The van der Waals surface area contributed by atoms with Crippen molar-refractivity contribution in [2.75, 3.05) is 31.6 Å². The number of rotatable bonds is 3. The van der Waals surface area contributed by atoms with Crippen molar-refractivity contribution in [3.8, 4) is 16.9 Å². The van der Waals surface area contributed by atoms with Crippen LogP contribution in [0.1, 0.15) is 60.2 Å². The number of carbonyl (C=O) groups is 2. The van der Waals surface area contributed by atoms with Gasteiger partial charge in [-0.1, -0.05) is 20.8 Å². The van der Waals surface area contributed by atoms with Crippen LogP contribution in [0, 0.1) is 0 Å². The fraction of sp³-hybridized carbons (Fsp3) is 0.462. The monoisotopic (exact) mass is 434 g/mol. The molecule has 3 heterocycles. The third-order valence-electron chi connectivity index (χ3n) is 7.37. The minimum atomic E-state index is -0.840. The molecule has 3 aliphatic heterocycles. The van der Waals surface area contributed by atoms with Gasteiger partial charge < -0.3 is 19.6 Å². The van der Waals surface area contributed by atoms with Gasteiger partial charge in [-0.2, -0.15) is 0 Å². The highest BCUT2D eigenvalue weighted by Crippen LogP contribution is 2.55. The summed E-state index contributed by atoms with van der Waals surface area (Å²) in [7, 11) is 1.60. The molecule has 1 N–H and O–H groups in total. The number of aldehydes is 1. The normalized spacial score (nSPS) is 21.4. The van der Waals surface area contributed by atoms with E-state index in [4.69, 9.17) is 4.74 Å². The maximum absolute atomic E-state index is 12.0. The van der Waals surface area contributed by atoms with Gasteiger partial charge in [0.25, 0.3) is 0 Å². The number of carboxylic acid groups (broad SMARTS) is 1. The Balaban J connectivity index is 1.77. The highest BCUT2D eigenvalue weighted by molar-refractivity contribution is 5.92. The number of fused-ring (bicyclic) bond motifs is 3. The fourth-order valence-corrected chi connectivity index (χ4v) is 6.13. The van der Waals surface area contributed by atoms with Gasteiger partial charge in [0.1, 0.15) is 5.75 Å². The molecule has 0 bridgehead atoms. The number of anilines is 1. The lowest BCUT2D eigenvalue weighted by molar-refractivity contribution is 0.112. The predicted molar refractivity (Wildman–Crippen MR) is 124 cm³/mol. The number of methoxy groups -OCH3 is 1. The topological polar surface area (TPSA) is 70.1 Å². The summed E-state index contributed by atoms with van der Waals surface area (Å²) in [6, 6.07) is 8.31. The number of ether oxygens (including phenoxy) is 1. The van der Waals surface area contributed by atoms with Crippen LogP contribution in [0.5, 0.6) is 5.75 Å². The van der Waals surface area contributed by atoms with Gasteiger partial charge in [-0.15, -0.1) is 0 Å². The SMILES string of the molecule is COc1ccc(-c2cc3c4c(c2C(C)(C)C)[C@@H]2CN(C(=O)O)CC[C@@H]2N4CC3)c(C=O)c1. The quantitative estimate of drug-likeness (QED) is 0.710. The van der Waals surface area contributed by atoms with Gasteiger partial charge in [0.15, 0.2) is 6.29 Å². The smallest absolute Gasteiger partial charge is 0.407 e. The minimum absolute atomic E-state index is 0.154. The minimum Gasteiger partial charge on any atom is -0.497 e. The first kappa shape index (κ1) is 20.9. The average Bonchev–Trinajstić information content (AvgIpc) is 3.33. The van der Waals surface area contributed by atoms with E-state index in [2.05, 4.69) is 31.7 Å². The molecule has 0 aromatic heterocycles. The molecular weight excluding hydrogens is 404 g/mol. The Morgan fingerprint density at radius 2 is 1.97 bits per heavy atom. The second-order valence-corrected chi connectivity index (χ2v) is 10.2. The summed E-state index contributed by atoms with van der Waals surface area (Å²) in [5, 5.41) is 9.68. The number of benzene rings is 2. The van der Waals surface area contributed by atoms with Crippen molar-refractivity contribution in [1.82, 2.24) is 4.90 Å². The summed E-state index contributed by atoms with van der Waals surface area (Å²) in [6.07, 6.45) is 1.90. The van der Waals surface area contributed by atoms with Crippen LogP contribution in [-0.4, -0.2) is 55.2 Å². The number of hydrogen-bond acceptors (Lipinski definition) is 4. The van der Waals surface area contributed by atoms with E-state index in [0.717, 1.165) is 36.8 Å². The van der Waals surface area contributed by atoms with Crippen LogP contribution in [-0.2, 0) is 11.8 Å². The number of hydrogen-bond donors (Lipinski definition) is 1. The molecule has 2 aromatic carbocycles. The van der Waals surface area contributed by atoms with E-state index in [-0.39, 0.29) is 11.3 Å². The molecule has 0 unspecified atom stereocenters. The Morgan fingerprint density at radius 1 is 1.19 bits per heavy atom. The lowest BCUT2D eigenvalue weighted by Crippen LogP contribution is -2.47. The third-order valence-corrected chi connectivity index (χ3v) is 7.37. The van der Waals surface area contributed by atoms with Crippen LogP contribution in [0.15, 0.2) is 24.3 Å². The van der Waals surface area contributed by atoms with Crippen LogP contribution < -0.4 is 9.64 Å². The molecule has 0 aliphatic carbocycles. The lowest BCUT2D eigenvalue weighted by atomic mass is 9.73. The molecule has 168 valence electrons. The molecular formula is C26H30N2O4. The molecule has 1 fully saturated rings. The average molecular weight is 435 g/mol. The van der Waals surface area contributed by atoms with Gasteiger partial charge >= 0.3 is 6.09 Å². The number of carbonyl (C=O) groups excluding carboxylic acids is 1. The number of nitrogens with zero attached hydrogens (tertiary/aromatic N) is 2. The van der Waals surface area contributed by atoms with Gasteiger partial charge in [-0.3, -0.25) is 4.79 Å². The van der Waals surface area contributed by atoms with Crippen molar-refractivity contribution in [3.63, 3.8) is 0 Å². The summed E-state index contributed by atoms with van der Waals surface area (Å²) < 4.78 is 5.35. The molecule has 5 rings (SSSR count). The van der Waals surface area contributed by atoms with Gasteiger partial charge in [0, 0.05) is 42.8 Å². The Morgan fingerprint density at radius 3 is 2.62 bits per heavy atom. The molecule has 6 heteroatoms. The van der Waals surface area contributed by atoms with E-state index in [9.17, 15) is 14.7 Å². The van der Waals surface area contributed by atoms with Crippen molar-refractivity contribution in [2.45, 2.75) is 51.0 Å². The van der Waals surface area contributed by atoms with Crippen molar-refractivity contribution in [2.24, 2.45) is 0 Å². The van der Waals surface area contributed by atoms with E-state index < -0.39 is 6.09 Å². The molecule has 3 aliphatic rings. The number of amides is 1. The first-order valence-corrected chi connectivity index (χ1v) is 11.3. The maximum atomic E-state index is 12.0. The van der Waals surface area contributed by atoms with E-state index in [0.29, 0.717) is 30.4 Å². The van der Waals surface area contributed by atoms with Gasteiger partial charge in [-0.25, -0.2) is 4.79 Å². The highest BCUT2D eigenvalue weighted by atomic mass is 16.5. The third kappa shape index (κ3) is 2.99. The highest BCUT2D eigenvalue weighted by Gasteiger charge is 2.48. The molecule has 2 atom stereocenters. The van der Waals surface area contributed by atoms with Crippen molar-refractivity contribution in [3.05, 3.63) is 46.5 Å². The second-order valence-electron chi connectivity index (χ2n) is 10.2. The lowest BCUT2D eigenvalue weighted by Gasteiger charge is -2.38. The summed E-state index contributed by atoms with van der Waals surface area (Å²) in [5.74, 6) is 0.815. The largest absolute Gasteiger partial charge is 0.497 e. The van der Waals surface area contributed by atoms with Crippen LogP contribution >= 0.6 is 0 Å². The van der Waals surface area contributed by atoms with Crippen LogP contribution in [0.4, 0.5) is 10.5 Å². The zero-order chi connectivity index (χ0) is 22.8. The van der Waals surface area contributed by atoms with Crippen LogP contribution in [0.3, 0.4) is 0 Å². The molecule has 0 radical (unpaired) electrons. The molecule has 6 nitrogen and oxygen atoms in total. The second kappa shape index (κ2) is 7.26.